The highest BCUT2D eigenvalue weighted by Gasteiger charge is 2.12. The number of thiophene rings is 1. The number of fused-ring (bicyclic) bond motifs is 1. The predicted molar refractivity (Wildman–Crippen MR) is 93.2 cm³/mol. The second kappa shape index (κ2) is 6.44. The van der Waals surface area contributed by atoms with Crippen LogP contribution in [0.15, 0.2) is 33.5 Å². The highest BCUT2D eigenvalue weighted by atomic mass is 32.1. The van der Waals surface area contributed by atoms with Gasteiger partial charge in [-0.3, -0.25) is 9.89 Å². The molecular formula is C16H14N6O2S. The van der Waals surface area contributed by atoms with Gasteiger partial charge in [0.25, 0.3) is 0 Å². The molecule has 4 aromatic heterocycles. The first kappa shape index (κ1) is 15.5. The van der Waals surface area contributed by atoms with Crippen molar-refractivity contribution < 1.29 is 9.21 Å². The van der Waals surface area contributed by atoms with Crippen LogP contribution in [-0.4, -0.2) is 31.3 Å². The maximum atomic E-state index is 12.1. The molecule has 0 saturated carbocycles. The Balaban J connectivity index is 1.38. The van der Waals surface area contributed by atoms with E-state index in [0.717, 1.165) is 16.6 Å². The molecule has 4 aromatic rings. The smallest absolute Gasteiger partial charge is 0.248 e. The van der Waals surface area contributed by atoms with E-state index in [9.17, 15) is 4.79 Å². The van der Waals surface area contributed by atoms with Crippen molar-refractivity contribution in [2.75, 3.05) is 5.32 Å². The van der Waals surface area contributed by atoms with Gasteiger partial charge in [0, 0.05) is 34.9 Å². The van der Waals surface area contributed by atoms with Crippen LogP contribution in [0.5, 0.6) is 0 Å². The Labute approximate surface area is 146 Å². The number of amides is 1. The van der Waals surface area contributed by atoms with Gasteiger partial charge in [0.1, 0.15) is 0 Å². The largest absolute Gasteiger partial charge is 0.421 e. The molecule has 0 atom stereocenters. The molecule has 1 amide bonds. The van der Waals surface area contributed by atoms with E-state index in [1.54, 1.807) is 17.5 Å². The van der Waals surface area contributed by atoms with Crippen LogP contribution in [0.4, 0.5) is 5.69 Å². The number of anilines is 1. The molecule has 8 nitrogen and oxygen atoms in total. The summed E-state index contributed by atoms with van der Waals surface area (Å²) in [5.74, 6) is 0.773. The molecule has 0 unspecified atom stereocenters. The van der Waals surface area contributed by atoms with E-state index in [2.05, 4.69) is 30.7 Å². The molecule has 9 heteroatoms. The van der Waals surface area contributed by atoms with Crippen molar-refractivity contribution in [3.05, 3.63) is 40.7 Å². The average molecular weight is 354 g/mol. The summed E-state index contributed by atoms with van der Waals surface area (Å²) in [4.78, 5) is 16.3. The van der Waals surface area contributed by atoms with Crippen LogP contribution in [0.25, 0.3) is 22.5 Å². The van der Waals surface area contributed by atoms with E-state index >= 15 is 0 Å². The number of aromatic nitrogens is 5. The normalized spacial score (nSPS) is 11.1. The van der Waals surface area contributed by atoms with Crippen molar-refractivity contribution in [1.29, 1.82) is 0 Å². The minimum atomic E-state index is -0.141. The van der Waals surface area contributed by atoms with Gasteiger partial charge in [0.05, 0.1) is 11.9 Å². The van der Waals surface area contributed by atoms with Crippen LogP contribution < -0.4 is 5.32 Å². The van der Waals surface area contributed by atoms with E-state index in [4.69, 9.17) is 4.42 Å². The second-order valence-corrected chi connectivity index (χ2v) is 6.28. The number of pyridine rings is 1. The van der Waals surface area contributed by atoms with Crippen molar-refractivity contribution in [3.63, 3.8) is 0 Å². The van der Waals surface area contributed by atoms with Gasteiger partial charge in [-0.05, 0) is 24.4 Å². The number of aromatic amines is 1. The van der Waals surface area contributed by atoms with E-state index < -0.39 is 0 Å². The van der Waals surface area contributed by atoms with E-state index in [-0.39, 0.29) is 12.3 Å². The van der Waals surface area contributed by atoms with Gasteiger partial charge < -0.3 is 9.73 Å². The first-order valence-electron chi connectivity index (χ1n) is 7.64. The number of carbonyl (C=O) groups is 1. The van der Waals surface area contributed by atoms with Crippen LogP contribution in [-0.2, 0) is 11.2 Å². The van der Waals surface area contributed by atoms with Crippen LogP contribution in [0, 0.1) is 6.92 Å². The monoisotopic (exact) mass is 354 g/mol. The third-order valence-electron chi connectivity index (χ3n) is 3.68. The van der Waals surface area contributed by atoms with Crippen LogP contribution in [0.2, 0.25) is 0 Å². The molecule has 0 aliphatic heterocycles. The van der Waals surface area contributed by atoms with Gasteiger partial charge in [-0.2, -0.15) is 16.4 Å². The Kier molecular flexibility index (Phi) is 3.98. The zero-order valence-corrected chi connectivity index (χ0v) is 14.1. The number of hydrogen-bond acceptors (Lipinski definition) is 7. The zero-order valence-electron chi connectivity index (χ0n) is 13.3. The molecule has 2 N–H and O–H groups in total. The number of rotatable bonds is 5. The number of H-pyrrole nitrogens is 1. The Morgan fingerprint density at radius 3 is 3.16 bits per heavy atom. The molecule has 0 aliphatic carbocycles. The van der Waals surface area contributed by atoms with Gasteiger partial charge >= 0.3 is 0 Å². The molecule has 0 radical (unpaired) electrons. The highest BCUT2D eigenvalue weighted by Crippen LogP contribution is 2.21. The van der Waals surface area contributed by atoms with Crippen molar-refractivity contribution in [2.24, 2.45) is 0 Å². The molecule has 25 heavy (non-hydrogen) atoms. The summed E-state index contributed by atoms with van der Waals surface area (Å²) in [6.45, 7) is 1.91. The summed E-state index contributed by atoms with van der Waals surface area (Å²) in [6.07, 6.45) is 2.21. The molecule has 4 heterocycles. The SMILES string of the molecule is Cc1[nH]nc2ncc(NC(=O)CCc3nnc(-c4ccsc4)o3)cc12. The zero-order chi connectivity index (χ0) is 17.2. The lowest BCUT2D eigenvalue weighted by molar-refractivity contribution is -0.116. The van der Waals surface area contributed by atoms with E-state index in [1.807, 2.05) is 29.8 Å². The minimum absolute atomic E-state index is 0.141. The third-order valence-corrected chi connectivity index (χ3v) is 4.37. The summed E-state index contributed by atoms with van der Waals surface area (Å²) in [6, 6.07) is 3.76. The fraction of sp³-hybridized carbons (Fsp3) is 0.188. The van der Waals surface area contributed by atoms with Crippen LogP contribution in [0.1, 0.15) is 18.0 Å². The molecule has 4 rings (SSSR count). The van der Waals surface area contributed by atoms with Crippen LogP contribution >= 0.6 is 11.3 Å². The number of nitrogens with zero attached hydrogens (tertiary/aromatic N) is 4. The summed E-state index contributed by atoms with van der Waals surface area (Å²) >= 11 is 1.56. The standard InChI is InChI=1S/C16H14N6O2S/c1-9-12-6-11(7-17-15(12)21-19-9)18-13(23)2-3-14-20-22-16(24-14)10-4-5-25-8-10/h4-8H,2-3H2,1H3,(H,18,23)(H,17,19,21). The maximum absolute atomic E-state index is 12.1. The summed E-state index contributed by atoms with van der Waals surface area (Å²) in [7, 11) is 0. The fourth-order valence-corrected chi connectivity index (χ4v) is 3.02. The molecule has 126 valence electrons. The molecule has 0 fully saturated rings. The van der Waals surface area contributed by atoms with Gasteiger partial charge in [-0.1, -0.05) is 0 Å². The second-order valence-electron chi connectivity index (χ2n) is 5.50. The molecular weight excluding hydrogens is 340 g/mol. The van der Waals surface area contributed by atoms with Gasteiger partial charge in [0.15, 0.2) is 5.65 Å². The van der Waals surface area contributed by atoms with Crippen LogP contribution in [0.3, 0.4) is 0 Å². The van der Waals surface area contributed by atoms with Crippen molar-refractivity contribution in [1.82, 2.24) is 25.4 Å². The summed E-state index contributed by atoms with van der Waals surface area (Å²) in [5, 5.41) is 22.5. The van der Waals surface area contributed by atoms with E-state index in [0.29, 0.717) is 29.5 Å². The quantitative estimate of drug-likeness (QED) is 0.570. The molecule has 0 saturated heterocycles. The number of aryl methyl sites for hydroxylation is 2. The lowest BCUT2D eigenvalue weighted by Crippen LogP contribution is -2.12. The molecule has 0 spiro atoms. The highest BCUT2D eigenvalue weighted by molar-refractivity contribution is 7.08. The predicted octanol–water partition coefficient (Wildman–Crippen LogP) is 2.95. The van der Waals surface area contributed by atoms with Crippen molar-refractivity contribution in [2.45, 2.75) is 19.8 Å². The van der Waals surface area contributed by atoms with Gasteiger partial charge in [-0.25, -0.2) is 4.98 Å². The van der Waals surface area contributed by atoms with E-state index in [1.165, 1.54) is 0 Å². The first-order valence-corrected chi connectivity index (χ1v) is 8.59. The lowest BCUT2D eigenvalue weighted by atomic mass is 10.2. The Bertz CT molecular complexity index is 1020. The van der Waals surface area contributed by atoms with Gasteiger partial charge in [-0.15, -0.1) is 10.2 Å². The number of nitrogens with one attached hydrogen (secondary N) is 2. The topological polar surface area (TPSA) is 110 Å². The summed E-state index contributed by atoms with van der Waals surface area (Å²) < 4.78 is 5.57. The Hall–Kier alpha value is -3.07. The number of carbonyl (C=O) groups excluding carboxylic acids is 1. The fourth-order valence-electron chi connectivity index (χ4n) is 2.39. The number of hydrogen-bond donors (Lipinski definition) is 2. The van der Waals surface area contributed by atoms with Gasteiger partial charge in [0.2, 0.25) is 17.7 Å². The lowest BCUT2D eigenvalue weighted by Gasteiger charge is -2.03. The Morgan fingerprint density at radius 1 is 1.40 bits per heavy atom. The van der Waals surface area contributed by atoms with Crippen molar-refractivity contribution >= 4 is 34.0 Å². The molecule has 0 aliphatic rings. The van der Waals surface area contributed by atoms with Crippen molar-refractivity contribution in [3.8, 4) is 11.5 Å². The first-order chi connectivity index (χ1) is 12.2. The minimum Gasteiger partial charge on any atom is -0.421 e. The average Bonchev–Trinajstić information content (AvgIpc) is 3.34. The molecule has 0 bridgehead atoms. The maximum Gasteiger partial charge on any atom is 0.248 e. The third kappa shape index (κ3) is 3.26. The Morgan fingerprint density at radius 2 is 2.32 bits per heavy atom. The molecule has 0 aromatic carbocycles. The summed E-state index contributed by atoms with van der Waals surface area (Å²) in [5.41, 5.74) is 3.06.